The number of sulfonamides is 1. The highest BCUT2D eigenvalue weighted by Gasteiger charge is 2.33. The normalized spacial score (nSPS) is 22.7. The first-order valence-electron chi connectivity index (χ1n) is 6.89. The van der Waals surface area contributed by atoms with E-state index in [2.05, 4.69) is 17.0 Å². The van der Waals surface area contributed by atoms with Gasteiger partial charge in [0.15, 0.2) is 0 Å². The fourth-order valence-electron chi connectivity index (χ4n) is 2.16. The molecule has 2 rings (SSSR count). The summed E-state index contributed by atoms with van der Waals surface area (Å²) in [7, 11) is -1.71. The second-order valence-corrected chi connectivity index (χ2v) is 8.08. The van der Waals surface area contributed by atoms with Crippen molar-refractivity contribution in [1.82, 2.24) is 10.0 Å². The molecule has 1 aromatic rings. The number of likely N-dealkylation sites (N-methyl/N-ethyl adjacent to an activating group) is 1. The minimum atomic E-state index is -3.37. The first-order chi connectivity index (χ1) is 9.55. The molecule has 2 N–H and O–H groups in total. The monoisotopic (exact) mass is 318 g/mol. The van der Waals surface area contributed by atoms with Crippen LogP contribution < -0.4 is 10.0 Å². The van der Waals surface area contributed by atoms with Gasteiger partial charge in [-0.3, -0.25) is 0 Å². The lowest BCUT2D eigenvalue weighted by Gasteiger charge is -2.34. The molecule has 1 aliphatic carbocycles. The third kappa shape index (κ3) is 4.02. The quantitative estimate of drug-likeness (QED) is 0.710. The average molecular weight is 318 g/mol. The molecule has 0 atom stereocenters. The molecule has 1 aromatic heterocycles. The lowest BCUT2D eigenvalue weighted by Crippen LogP contribution is -2.47. The van der Waals surface area contributed by atoms with Gasteiger partial charge in [-0.2, -0.15) is 0 Å². The average Bonchev–Trinajstić information content (AvgIpc) is 2.83. The van der Waals surface area contributed by atoms with Crippen LogP contribution in [0.3, 0.4) is 0 Å². The molecule has 0 unspecified atom stereocenters. The van der Waals surface area contributed by atoms with Crippen LogP contribution in [0.5, 0.6) is 0 Å². The molecule has 20 heavy (non-hydrogen) atoms. The van der Waals surface area contributed by atoms with E-state index in [-0.39, 0.29) is 12.1 Å². The Morgan fingerprint density at radius 3 is 2.80 bits per heavy atom. The number of nitrogens with one attached hydrogen (secondary N) is 2. The van der Waals surface area contributed by atoms with Crippen LogP contribution in [0.25, 0.3) is 0 Å². The Bertz CT molecular complexity index is 521. The van der Waals surface area contributed by atoms with Gasteiger partial charge >= 0.3 is 0 Å². The van der Waals surface area contributed by atoms with Gasteiger partial charge < -0.3 is 10.1 Å². The van der Waals surface area contributed by atoms with E-state index < -0.39 is 10.0 Å². The van der Waals surface area contributed by atoms with E-state index >= 15 is 0 Å². The zero-order valence-corrected chi connectivity index (χ0v) is 13.5. The van der Waals surface area contributed by atoms with E-state index in [1.165, 1.54) is 11.3 Å². The fourth-order valence-corrected chi connectivity index (χ4v) is 4.79. The number of thiophene rings is 1. The number of hydrogen-bond donors (Lipinski definition) is 2. The van der Waals surface area contributed by atoms with Crippen molar-refractivity contribution >= 4 is 21.4 Å². The Labute approximate surface area is 124 Å². The van der Waals surface area contributed by atoms with Gasteiger partial charge in [0.25, 0.3) is 0 Å². The van der Waals surface area contributed by atoms with Gasteiger partial charge in [0.1, 0.15) is 4.21 Å². The van der Waals surface area contributed by atoms with Crippen LogP contribution in [0.2, 0.25) is 0 Å². The molecule has 7 heteroatoms. The van der Waals surface area contributed by atoms with Crippen LogP contribution >= 0.6 is 11.3 Å². The van der Waals surface area contributed by atoms with Crippen molar-refractivity contribution in [3.05, 3.63) is 17.0 Å². The summed E-state index contributed by atoms with van der Waals surface area (Å²) in [6.07, 6.45) is 2.58. The van der Waals surface area contributed by atoms with Crippen LogP contribution in [-0.4, -0.2) is 40.8 Å². The summed E-state index contributed by atoms with van der Waals surface area (Å²) in [5.41, 5.74) is 0. The van der Waals surface area contributed by atoms with Crippen LogP contribution in [0, 0.1) is 0 Å². The third-order valence-electron chi connectivity index (χ3n) is 3.45. The maximum Gasteiger partial charge on any atom is 0.250 e. The van der Waals surface area contributed by atoms with Crippen molar-refractivity contribution in [3.8, 4) is 0 Å². The summed E-state index contributed by atoms with van der Waals surface area (Å²) in [6.45, 7) is 3.86. The van der Waals surface area contributed by atoms with Crippen LogP contribution in [0.1, 0.15) is 24.6 Å². The summed E-state index contributed by atoms with van der Waals surface area (Å²) in [4.78, 5) is 1.09. The predicted molar refractivity (Wildman–Crippen MR) is 80.7 cm³/mol. The number of ether oxygens (including phenoxy) is 1. The van der Waals surface area contributed by atoms with Gasteiger partial charge in [-0.1, -0.05) is 6.92 Å². The smallest absolute Gasteiger partial charge is 0.250 e. The Morgan fingerprint density at radius 2 is 2.15 bits per heavy atom. The van der Waals surface area contributed by atoms with Crippen LogP contribution in [0.4, 0.5) is 0 Å². The second-order valence-electron chi connectivity index (χ2n) is 4.97. The molecule has 0 aromatic carbocycles. The Hall–Kier alpha value is -0.470. The largest absolute Gasteiger partial charge is 0.381 e. The summed E-state index contributed by atoms with van der Waals surface area (Å²) >= 11 is 1.35. The molecule has 1 saturated carbocycles. The van der Waals surface area contributed by atoms with Crippen molar-refractivity contribution in [3.63, 3.8) is 0 Å². The highest BCUT2D eigenvalue weighted by atomic mass is 32.2. The standard InChI is InChI=1S/C13H22N2O3S2/c1-3-14-7-6-12-4-5-13(19-12)20(16,17)15-10-8-11(9-10)18-2/h4-5,10-11,14-15H,3,6-9H2,1-2H3. The molecule has 1 fully saturated rings. The first-order valence-corrected chi connectivity index (χ1v) is 9.19. The molecule has 0 spiro atoms. The molecule has 0 aliphatic heterocycles. The molecule has 1 aliphatic rings. The van der Waals surface area contributed by atoms with Crippen molar-refractivity contribution in [2.45, 2.75) is 42.5 Å². The van der Waals surface area contributed by atoms with Gasteiger partial charge in [-0.25, -0.2) is 13.1 Å². The third-order valence-corrected chi connectivity index (χ3v) is 6.61. The topological polar surface area (TPSA) is 67.4 Å². The minimum absolute atomic E-state index is 0.0114. The SMILES string of the molecule is CCNCCc1ccc(S(=O)(=O)NC2CC(OC)C2)s1. The van der Waals surface area contributed by atoms with E-state index in [1.807, 2.05) is 6.07 Å². The molecule has 0 saturated heterocycles. The van der Waals surface area contributed by atoms with E-state index in [4.69, 9.17) is 4.74 Å². The zero-order valence-electron chi connectivity index (χ0n) is 11.9. The first kappa shape index (κ1) is 15.9. The second kappa shape index (κ2) is 7.00. The van der Waals surface area contributed by atoms with Gasteiger partial charge in [0.05, 0.1) is 6.10 Å². The minimum Gasteiger partial charge on any atom is -0.381 e. The van der Waals surface area contributed by atoms with E-state index in [1.54, 1.807) is 13.2 Å². The molecule has 0 radical (unpaired) electrons. The van der Waals surface area contributed by atoms with E-state index in [0.717, 1.165) is 37.2 Å². The van der Waals surface area contributed by atoms with Crippen LogP contribution in [0.15, 0.2) is 16.3 Å². The van der Waals surface area contributed by atoms with Gasteiger partial charge in [0, 0.05) is 18.0 Å². The highest BCUT2D eigenvalue weighted by molar-refractivity contribution is 7.91. The molecule has 0 amide bonds. The Kier molecular flexibility index (Phi) is 5.57. The maximum absolute atomic E-state index is 12.2. The van der Waals surface area contributed by atoms with Crippen molar-refractivity contribution in [2.24, 2.45) is 0 Å². The number of rotatable bonds is 8. The van der Waals surface area contributed by atoms with E-state index in [0.29, 0.717) is 4.21 Å². The molecule has 114 valence electrons. The number of hydrogen-bond acceptors (Lipinski definition) is 5. The summed E-state index contributed by atoms with van der Waals surface area (Å²) in [5.74, 6) is 0. The molecule has 5 nitrogen and oxygen atoms in total. The van der Waals surface area contributed by atoms with Gasteiger partial charge in [0.2, 0.25) is 10.0 Å². The van der Waals surface area contributed by atoms with Crippen molar-refractivity contribution < 1.29 is 13.2 Å². The summed E-state index contributed by atoms with van der Waals surface area (Å²) in [5, 5.41) is 3.23. The molecule has 1 heterocycles. The van der Waals surface area contributed by atoms with E-state index in [9.17, 15) is 8.42 Å². The lowest BCUT2D eigenvalue weighted by atomic mass is 9.90. The Morgan fingerprint density at radius 1 is 1.40 bits per heavy atom. The van der Waals surface area contributed by atoms with Gasteiger partial charge in [-0.15, -0.1) is 11.3 Å². The highest BCUT2D eigenvalue weighted by Crippen LogP contribution is 2.27. The zero-order chi connectivity index (χ0) is 14.6. The lowest BCUT2D eigenvalue weighted by molar-refractivity contribution is 0.0236. The number of methoxy groups -OCH3 is 1. The summed E-state index contributed by atoms with van der Waals surface area (Å²) < 4.78 is 32.7. The fraction of sp³-hybridized carbons (Fsp3) is 0.692. The predicted octanol–water partition coefficient (Wildman–Crippen LogP) is 1.36. The summed E-state index contributed by atoms with van der Waals surface area (Å²) in [6, 6.07) is 3.60. The molecule has 0 bridgehead atoms. The molecular formula is C13H22N2O3S2. The van der Waals surface area contributed by atoms with Gasteiger partial charge in [-0.05, 0) is 44.5 Å². The Balaban J connectivity index is 1.89. The molecular weight excluding hydrogens is 296 g/mol. The van der Waals surface area contributed by atoms with Crippen molar-refractivity contribution in [2.75, 3.05) is 20.2 Å². The van der Waals surface area contributed by atoms with Crippen LogP contribution in [-0.2, 0) is 21.2 Å². The van der Waals surface area contributed by atoms with Crippen molar-refractivity contribution in [1.29, 1.82) is 0 Å². The maximum atomic E-state index is 12.2.